The number of H-pyrrole nitrogens is 1. The van der Waals surface area contributed by atoms with E-state index in [1.807, 2.05) is 24.3 Å². The number of fused-ring (bicyclic) bond motifs is 1. The molecular formula is C18H13N3O4. The van der Waals surface area contributed by atoms with Crippen LogP contribution in [-0.4, -0.2) is 38.8 Å². The number of hydrogen-bond donors (Lipinski definition) is 2. The van der Waals surface area contributed by atoms with Gasteiger partial charge < -0.3 is 10.1 Å². The SMILES string of the molecule is O=C(c1ccc(N2C(=O)CC(O)C2=O)cc1)c1nc2ccccc2[nH]1. The maximum Gasteiger partial charge on any atom is 0.263 e. The van der Waals surface area contributed by atoms with Gasteiger partial charge in [0.1, 0.15) is 6.10 Å². The van der Waals surface area contributed by atoms with Crippen molar-refractivity contribution in [1.29, 1.82) is 0 Å². The van der Waals surface area contributed by atoms with Crippen LogP contribution in [0.2, 0.25) is 0 Å². The van der Waals surface area contributed by atoms with Gasteiger partial charge >= 0.3 is 0 Å². The lowest BCUT2D eigenvalue weighted by atomic mass is 10.1. The lowest BCUT2D eigenvalue weighted by Crippen LogP contribution is -2.31. The third-order valence-corrected chi connectivity index (χ3v) is 4.11. The molecule has 0 aliphatic carbocycles. The number of para-hydroxylation sites is 2. The molecular weight excluding hydrogens is 322 g/mol. The highest BCUT2D eigenvalue weighted by Crippen LogP contribution is 2.24. The molecule has 7 nitrogen and oxygen atoms in total. The number of nitrogens with one attached hydrogen (secondary N) is 1. The van der Waals surface area contributed by atoms with E-state index < -0.39 is 17.9 Å². The summed E-state index contributed by atoms with van der Waals surface area (Å²) in [6, 6.07) is 13.4. The second-order valence-corrected chi connectivity index (χ2v) is 5.77. The first-order valence-corrected chi connectivity index (χ1v) is 7.69. The molecule has 3 aromatic rings. The first-order chi connectivity index (χ1) is 12.0. The summed E-state index contributed by atoms with van der Waals surface area (Å²) in [4.78, 5) is 44.3. The number of benzene rings is 2. The van der Waals surface area contributed by atoms with Crippen molar-refractivity contribution in [1.82, 2.24) is 9.97 Å². The van der Waals surface area contributed by atoms with Gasteiger partial charge in [-0.15, -0.1) is 0 Å². The van der Waals surface area contributed by atoms with Crippen LogP contribution in [0.25, 0.3) is 11.0 Å². The molecule has 25 heavy (non-hydrogen) atoms. The zero-order chi connectivity index (χ0) is 17.6. The van der Waals surface area contributed by atoms with Crippen LogP contribution >= 0.6 is 0 Å². The fourth-order valence-electron chi connectivity index (χ4n) is 2.85. The van der Waals surface area contributed by atoms with Crippen LogP contribution in [0.15, 0.2) is 48.5 Å². The average Bonchev–Trinajstić information content (AvgIpc) is 3.15. The summed E-state index contributed by atoms with van der Waals surface area (Å²) >= 11 is 0. The van der Waals surface area contributed by atoms with E-state index >= 15 is 0 Å². The van der Waals surface area contributed by atoms with Gasteiger partial charge in [0.15, 0.2) is 5.82 Å². The van der Waals surface area contributed by atoms with Gasteiger partial charge in [0.25, 0.3) is 5.91 Å². The number of amides is 2. The Bertz CT molecular complexity index is 974. The molecule has 2 N–H and O–H groups in total. The summed E-state index contributed by atoms with van der Waals surface area (Å²) < 4.78 is 0. The van der Waals surface area contributed by atoms with Crippen LogP contribution in [0.1, 0.15) is 22.6 Å². The topological polar surface area (TPSA) is 103 Å². The quantitative estimate of drug-likeness (QED) is 0.556. The highest BCUT2D eigenvalue weighted by molar-refractivity contribution is 6.22. The molecule has 7 heteroatoms. The van der Waals surface area contributed by atoms with Crippen LogP contribution in [0, 0.1) is 0 Å². The highest BCUT2D eigenvalue weighted by Gasteiger charge is 2.38. The average molecular weight is 335 g/mol. The lowest BCUT2D eigenvalue weighted by Gasteiger charge is -2.14. The number of anilines is 1. The van der Waals surface area contributed by atoms with Gasteiger partial charge in [-0.2, -0.15) is 0 Å². The molecule has 1 fully saturated rings. The zero-order valence-corrected chi connectivity index (χ0v) is 13.0. The molecule has 2 heterocycles. The summed E-state index contributed by atoms with van der Waals surface area (Å²) in [5.74, 6) is -1.19. The Morgan fingerprint density at radius 1 is 1.12 bits per heavy atom. The second-order valence-electron chi connectivity index (χ2n) is 5.77. The predicted molar refractivity (Wildman–Crippen MR) is 89.1 cm³/mol. The van der Waals surface area contributed by atoms with Crippen molar-refractivity contribution in [3.8, 4) is 0 Å². The number of imide groups is 1. The van der Waals surface area contributed by atoms with Gasteiger partial charge in [0.05, 0.1) is 23.1 Å². The number of aromatic nitrogens is 2. The fourth-order valence-corrected chi connectivity index (χ4v) is 2.85. The monoisotopic (exact) mass is 335 g/mol. The summed E-state index contributed by atoms with van der Waals surface area (Å²) in [6.07, 6.45) is -1.53. The van der Waals surface area contributed by atoms with Gasteiger partial charge in [-0.05, 0) is 36.4 Å². The number of nitrogens with zero attached hydrogens (tertiary/aromatic N) is 2. The molecule has 1 aliphatic rings. The van der Waals surface area contributed by atoms with Crippen molar-refractivity contribution >= 4 is 34.3 Å². The van der Waals surface area contributed by atoms with Crippen molar-refractivity contribution < 1.29 is 19.5 Å². The van der Waals surface area contributed by atoms with E-state index in [1.165, 1.54) is 24.3 Å². The summed E-state index contributed by atoms with van der Waals surface area (Å²) in [6.45, 7) is 0. The van der Waals surface area contributed by atoms with Gasteiger partial charge in [0.2, 0.25) is 11.7 Å². The summed E-state index contributed by atoms with van der Waals surface area (Å²) in [5, 5.41) is 9.48. The fraction of sp³-hybridized carbons (Fsp3) is 0.111. The number of aliphatic hydroxyl groups is 1. The standard InChI is InChI=1S/C18H13N3O4/c22-14-9-15(23)21(18(14)25)11-7-5-10(6-8-11)16(24)17-19-12-3-1-2-4-13(12)20-17/h1-8,14,22H,9H2,(H,19,20). The molecule has 0 saturated carbocycles. The molecule has 4 rings (SSSR count). The van der Waals surface area contributed by atoms with Crippen LogP contribution in [0.3, 0.4) is 0 Å². The van der Waals surface area contributed by atoms with Crippen molar-refractivity contribution in [2.75, 3.05) is 4.90 Å². The van der Waals surface area contributed by atoms with E-state index in [-0.39, 0.29) is 18.0 Å². The number of aliphatic hydroxyl groups excluding tert-OH is 1. The van der Waals surface area contributed by atoms with Crippen molar-refractivity contribution in [3.05, 3.63) is 59.9 Å². The third-order valence-electron chi connectivity index (χ3n) is 4.11. The molecule has 1 aliphatic heterocycles. The largest absolute Gasteiger partial charge is 0.383 e. The number of carbonyl (C=O) groups is 3. The van der Waals surface area contributed by atoms with Gasteiger partial charge in [0, 0.05) is 5.56 Å². The third kappa shape index (κ3) is 2.50. The van der Waals surface area contributed by atoms with Crippen molar-refractivity contribution in [2.45, 2.75) is 12.5 Å². The van der Waals surface area contributed by atoms with Gasteiger partial charge in [-0.1, -0.05) is 12.1 Å². The van der Waals surface area contributed by atoms with E-state index in [4.69, 9.17) is 0 Å². The maximum absolute atomic E-state index is 12.5. The number of rotatable bonds is 3. The van der Waals surface area contributed by atoms with Gasteiger partial charge in [-0.25, -0.2) is 9.88 Å². The van der Waals surface area contributed by atoms with E-state index in [2.05, 4.69) is 9.97 Å². The Kier molecular flexibility index (Phi) is 3.43. The van der Waals surface area contributed by atoms with Gasteiger partial charge in [-0.3, -0.25) is 14.4 Å². The molecule has 124 valence electrons. The highest BCUT2D eigenvalue weighted by atomic mass is 16.3. The molecule has 1 atom stereocenters. The second kappa shape index (κ2) is 5.64. The smallest absolute Gasteiger partial charge is 0.263 e. The van der Waals surface area contributed by atoms with Crippen LogP contribution in [-0.2, 0) is 9.59 Å². The van der Waals surface area contributed by atoms with Crippen LogP contribution in [0.4, 0.5) is 5.69 Å². The Hall–Kier alpha value is -3.32. The molecule has 1 unspecified atom stereocenters. The van der Waals surface area contributed by atoms with Crippen molar-refractivity contribution in [2.24, 2.45) is 0 Å². The Morgan fingerprint density at radius 3 is 2.48 bits per heavy atom. The van der Waals surface area contributed by atoms with Crippen molar-refractivity contribution in [3.63, 3.8) is 0 Å². The van der Waals surface area contributed by atoms with Crippen LogP contribution < -0.4 is 4.90 Å². The molecule has 2 amide bonds. The molecule has 1 saturated heterocycles. The molecule has 0 spiro atoms. The zero-order valence-electron chi connectivity index (χ0n) is 13.0. The molecule has 0 bridgehead atoms. The Balaban J connectivity index is 1.62. The minimum atomic E-state index is -1.30. The first-order valence-electron chi connectivity index (χ1n) is 7.69. The lowest BCUT2D eigenvalue weighted by molar-refractivity contribution is -0.124. The molecule has 0 radical (unpaired) electrons. The Morgan fingerprint density at radius 2 is 1.84 bits per heavy atom. The van der Waals surface area contributed by atoms with E-state index in [0.29, 0.717) is 16.8 Å². The number of ketones is 1. The normalized spacial score (nSPS) is 17.5. The first kappa shape index (κ1) is 15.2. The molecule has 2 aromatic carbocycles. The van der Waals surface area contributed by atoms with E-state index in [9.17, 15) is 19.5 Å². The predicted octanol–water partition coefficient (Wildman–Crippen LogP) is 1.42. The minimum absolute atomic E-state index is 0.220. The Labute approximate surface area is 141 Å². The van der Waals surface area contributed by atoms with E-state index in [0.717, 1.165) is 10.4 Å². The maximum atomic E-state index is 12.5. The van der Waals surface area contributed by atoms with E-state index in [1.54, 1.807) is 0 Å². The number of carbonyl (C=O) groups excluding carboxylic acids is 3. The number of imidazole rings is 1. The number of hydrogen-bond acceptors (Lipinski definition) is 5. The summed E-state index contributed by atoms with van der Waals surface area (Å²) in [5.41, 5.74) is 2.17. The molecule has 1 aromatic heterocycles. The van der Waals surface area contributed by atoms with Crippen LogP contribution in [0.5, 0.6) is 0 Å². The minimum Gasteiger partial charge on any atom is -0.383 e. The number of aromatic amines is 1. The summed E-state index contributed by atoms with van der Waals surface area (Å²) in [7, 11) is 0.